The summed E-state index contributed by atoms with van der Waals surface area (Å²) in [6.45, 7) is 0. The van der Waals surface area contributed by atoms with Gasteiger partial charge < -0.3 is 24.8 Å². The van der Waals surface area contributed by atoms with Gasteiger partial charge in [0, 0.05) is 24.4 Å². The molecule has 0 aliphatic heterocycles. The van der Waals surface area contributed by atoms with Gasteiger partial charge in [0.2, 0.25) is 0 Å². The predicted octanol–water partition coefficient (Wildman–Crippen LogP) is -1.91. The molecule has 3 heteroatoms. The fourth-order valence-electron chi connectivity index (χ4n) is 1.03. The van der Waals surface area contributed by atoms with Crippen molar-refractivity contribution in [3.8, 4) is 0 Å². The van der Waals surface area contributed by atoms with E-state index in [1.165, 1.54) is 0 Å². The topological polar surface area (TPSA) is 0 Å². The molecule has 0 saturated carbocycles. The van der Waals surface area contributed by atoms with Gasteiger partial charge >= 0.3 is 0 Å². The van der Waals surface area contributed by atoms with E-state index in [0.29, 0.717) is 0 Å². The molecule has 3 aromatic rings. The third-order valence-electron chi connectivity index (χ3n) is 1.82. The molecule has 0 saturated heterocycles. The molecular formula is C18H15Cl2Sb-2. The summed E-state index contributed by atoms with van der Waals surface area (Å²) in [6.07, 6.45) is 0. The zero-order valence-corrected chi connectivity index (χ0v) is 15.4. The van der Waals surface area contributed by atoms with Gasteiger partial charge in [-0.05, 0) is 18.2 Å². The van der Waals surface area contributed by atoms with Crippen molar-refractivity contribution in [1.29, 1.82) is 0 Å². The van der Waals surface area contributed by atoms with Gasteiger partial charge in [-0.2, -0.15) is 0 Å². The zero-order chi connectivity index (χ0) is 12.7. The van der Waals surface area contributed by atoms with Crippen molar-refractivity contribution in [3.63, 3.8) is 0 Å². The summed E-state index contributed by atoms with van der Waals surface area (Å²) in [5.74, 6) is 0. The van der Waals surface area contributed by atoms with Crippen molar-refractivity contribution in [2.75, 3.05) is 0 Å². The number of hydrogen-bond acceptors (Lipinski definition) is 0. The summed E-state index contributed by atoms with van der Waals surface area (Å²) in [4.78, 5) is 0. The van der Waals surface area contributed by atoms with E-state index in [4.69, 9.17) is 0 Å². The summed E-state index contributed by atoms with van der Waals surface area (Å²) in [5, 5.41) is 0. The fourth-order valence-corrected chi connectivity index (χ4v) is 1.03. The van der Waals surface area contributed by atoms with Crippen LogP contribution in [-0.2, 0) is 0 Å². The zero-order valence-electron chi connectivity index (χ0n) is 11.4. The van der Waals surface area contributed by atoms with Gasteiger partial charge in [0.05, 0.1) is 0 Å². The van der Waals surface area contributed by atoms with Crippen molar-refractivity contribution in [3.05, 3.63) is 109 Å². The smallest absolute Gasteiger partial charge is 0 e. The Kier molecular flexibility index (Phi) is 25.5. The molecule has 0 heterocycles. The first-order valence-corrected chi connectivity index (χ1v) is 5.73. The molecule has 0 nitrogen and oxygen atoms in total. The van der Waals surface area contributed by atoms with E-state index in [2.05, 4.69) is 18.2 Å². The van der Waals surface area contributed by atoms with Crippen LogP contribution in [0.25, 0.3) is 0 Å². The van der Waals surface area contributed by atoms with Crippen LogP contribution in [0.5, 0.6) is 0 Å². The number of benzene rings is 3. The van der Waals surface area contributed by atoms with E-state index in [1.807, 2.05) is 91.0 Å². The van der Waals surface area contributed by atoms with Crippen LogP contribution in [0.2, 0.25) is 0 Å². The molecule has 0 N–H and O–H groups in total. The van der Waals surface area contributed by atoms with Gasteiger partial charge in [0.1, 0.15) is 0 Å². The molecule has 0 atom stereocenters. The maximum absolute atomic E-state index is 2.89. The van der Waals surface area contributed by atoms with Crippen molar-refractivity contribution >= 4 is 24.4 Å². The standard InChI is InChI=1S/3C6H5.2ClH.Sb/c3*1-2-4-6-5-3-1;;;/h3*1-5H;2*1H;/p-2. The summed E-state index contributed by atoms with van der Waals surface area (Å²) in [7, 11) is 0. The Balaban J connectivity index is -0.000000216. The Morgan fingerprint density at radius 1 is 0.333 bits per heavy atom. The average molecular weight is 424 g/mol. The Morgan fingerprint density at radius 2 is 0.524 bits per heavy atom. The third kappa shape index (κ3) is 19.1. The SMILES string of the molecule is [Cl-].[Cl-].[Sb].[c]1ccccc1.[c]1ccccc1.[c]1ccccc1. The maximum atomic E-state index is 2.89. The number of halogens is 2. The van der Waals surface area contributed by atoms with Crippen LogP contribution in [0.15, 0.2) is 91.0 Å². The molecule has 0 bridgehead atoms. The minimum absolute atomic E-state index is 0. The van der Waals surface area contributed by atoms with Crippen LogP contribution < -0.4 is 24.8 Å². The second kappa shape index (κ2) is 21.4. The molecule has 3 rings (SSSR count). The molecular weight excluding hydrogens is 409 g/mol. The van der Waals surface area contributed by atoms with Crippen molar-refractivity contribution in [1.82, 2.24) is 0 Å². The van der Waals surface area contributed by atoms with Gasteiger partial charge in [-0.25, -0.2) is 0 Å². The molecule has 0 aliphatic carbocycles. The Hall–Kier alpha value is -0.942. The van der Waals surface area contributed by atoms with Crippen LogP contribution in [0, 0.1) is 18.2 Å². The van der Waals surface area contributed by atoms with Crippen LogP contribution in [-0.4, -0.2) is 24.4 Å². The Labute approximate surface area is 157 Å². The largest absolute Gasteiger partial charge is 1.00 e. The van der Waals surface area contributed by atoms with E-state index in [1.54, 1.807) is 0 Å². The van der Waals surface area contributed by atoms with E-state index >= 15 is 0 Å². The van der Waals surface area contributed by atoms with E-state index in [9.17, 15) is 0 Å². The first-order valence-electron chi connectivity index (χ1n) is 5.73. The van der Waals surface area contributed by atoms with Gasteiger partial charge in [0.25, 0.3) is 0 Å². The van der Waals surface area contributed by atoms with Crippen LogP contribution in [0.1, 0.15) is 0 Å². The molecule has 0 spiro atoms. The van der Waals surface area contributed by atoms with E-state index in [0.717, 1.165) is 0 Å². The van der Waals surface area contributed by atoms with Gasteiger partial charge in [-0.15, -0.1) is 0 Å². The third-order valence-corrected chi connectivity index (χ3v) is 1.82. The predicted molar refractivity (Wildman–Crippen MR) is 81.6 cm³/mol. The Morgan fingerprint density at radius 3 is 0.571 bits per heavy atom. The summed E-state index contributed by atoms with van der Waals surface area (Å²) < 4.78 is 0. The van der Waals surface area contributed by atoms with Crippen molar-refractivity contribution in [2.45, 2.75) is 0 Å². The summed E-state index contributed by atoms with van der Waals surface area (Å²) in [5.41, 5.74) is 0. The molecule has 0 amide bonds. The van der Waals surface area contributed by atoms with Gasteiger partial charge in [-0.3, -0.25) is 0 Å². The van der Waals surface area contributed by atoms with Gasteiger partial charge in [0.15, 0.2) is 0 Å². The molecule has 21 heavy (non-hydrogen) atoms. The monoisotopic (exact) mass is 422 g/mol. The molecule has 0 aliphatic rings. The molecule has 108 valence electrons. The molecule has 0 aromatic heterocycles. The second-order valence-electron chi connectivity index (χ2n) is 3.23. The van der Waals surface area contributed by atoms with E-state index in [-0.39, 0.29) is 49.2 Å². The number of rotatable bonds is 0. The summed E-state index contributed by atoms with van der Waals surface area (Å²) in [6, 6.07) is 37.5. The molecule has 0 unspecified atom stereocenters. The maximum Gasteiger partial charge on any atom is 0 e. The number of hydrogen-bond donors (Lipinski definition) is 0. The average Bonchev–Trinajstić information content (AvgIpc) is 2.54. The molecule has 0 fully saturated rings. The van der Waals surface area contributed by atoms with Crippen LogP contribution in [0.4, 0.5) is 0 Å². The normalized spacial score (nSPS) is 6.86. The first kappa shape index (κ1) is 25.0. The van der Waals surface area contributed by atoms with E-state index < -0.39 is 0 Å². The second-order valence-corrected chi connectivity index (χ2v) is 3.23. The molecule has 6 radical (unpaired) electrons. The van der Waals surface area contributed by atoms with Gasteiger partial charge in [-0.1, -0.05) is 91.0 Å². The van der Waals surface area contributed by atoms with Crippen LogP contribution in [0.3, 0.4) is 0 Å². The van der Waals surface area contributed by atoms with Crippen molar-refractivity contribution in [2.24, 2.45) is 0 Å². The first-order chi connectivity index (χ1) is 9.00. The van der Waals surface area contributed by atoms with Crippen molar-refractivity contribution < 1.29 is 24.8 Å². The molecule has 3 aromatic carbocycles. The van der Waals surface area contributed by atoms with Crippen LogP contribution >= 0.6 is 0 Å². The minimum atomic E-state index is 0. The fraction of sp³-hybridized carbons (Fsp3) is 0. The quantitative estimate of drug-likeness (QED) is 0.370. The Bertz CT molecular complexity index is 306. The minimum Gasteiger partial charge on any atom is -1.00 e. The summed E-state index contributed by atoms with van der Waals surface area (Å²) >= 11 is 0.